The zero-order valence-corrected chi connectivity index (χ0v) is 13.4. The number of sulfonamides is 1. The molecule has 0 aliphatic carbocycles. The summed E-state index contributed by atoms with van der Waals surface area (Å²) < 4.78 is 40.3. The van der Waals surface area contributed by atoms with Gasteiger partial charge in [-0.1, -0.05) is 43.7 Å². The number of hydrogen-bond acceptors (Lipinski definition) is 2. The Kier molecular flexibility index (Phi) is 5.69. The number of halogens is 1. The van der Waals surface area contributed by atoms with Gasteiger partial charge in [0.15, 0.2) is 0 Å². The first kappa shape index (κ1) is 16.6. The molecule has 118 valence electrons. The molecule has 2 aromatic rings. The summed E-state index contributed by atoms with van der Waals surface area (Å²) in [5.74, 6) is -0.314. The minimum Gasteiger partial charge on any atom is -0.211 e. The van der Waals surface area contributed by atoms with E-state index in [-0.39, 0.29) is 17.3 Å². The Balaban J connectivity index is 1.97. The first-order valence-corrected chi connectivity index (χ1v) is 8.83. The zero-order valence-electron chi connectivity index (χ0n) is 12.5. The van der Waals surface area contributed by atoms with Gasteiger partial charge < -0.3 is 0 Å². The van der Waals surface area contributed by atoms with Gasteiger partial charge in [-0.25, -0.2) is 17.5 Å². The molecule has 0 heterocycles. The van der Waals surface area contributed by atoms with E-state index in [0.717, 1.165) is 18.4 Å². The van der Waals surface area contributed by atoms with Crippen molar-refractivity contribution in [3.63, 3.8) is 0 Å². The van der Waals surface area contributed by atoms with Crippen LogP contribution in [-0.2, 0) is 22.9 Å². The molecule has 2 rings (SSSR count). The van der Waals surface area contributed by atoms with Crippen molar-refractivity contribution in [1.29, 1.82) is 0 Å². The predicted octanol–water partition coefficient (Wildman–Crippen LogP) is 3.30. The lowest BCUT2D eigenvalue weighted by Gasteiger charge is -2.08. The van der Waals surface area contributed by atoms with Gasteiger partial charge >= 0.3 is 0 Å². The largest absolute Gasteiger partial charge is 0.240 e. The summed E-state index contributed by atoms with van der Waals surface area (Å²) in [6, 6.07) is 13.2. The molecule has 0 saturated carbocycles. The fraction of sp³-hybridized carbons (Fsp3) is 0.294. The Hall–Kier alpha value is -1.72. The van der Waals surface area contributed by atoms with Crippen molar-refractivity contribution in [2.24, 2.45) is 0 Å². The molecule has 0 aromatic heterocycles. The van der Waals surface area contributed by atoms with Gasteiger partial charge in [0.05, 0.1) is 4.90 Å². The van der Waals surface area contributed by atoms with Crippen LogP contribution in [0.4, 0.5) is 4.39 Å². The highest BCUT2D eigenvalue weighted by Gasteiger charge is 2.13. The quantitative estimate of drug-likeness (QED) is 0.850. The summed E-state index contributed by atoms with van der Waals surface area (Å²) in [6.45, 7) is 2.24. The van der Waals surface area contributed by atoms with Gasteiger partial charge in [-0.15, -0.1) is 0 Å². The molecule has 0 saturated heterocycles. The van der Waals surface area contributed by atoms with Gasteiger partial charge in [0, 0.05) is 6.54 Å². The highest BCUT2D eigenvalue weighted by Crippen LogP contribution is 2.12. The minimum absolute atomic E-state index is 0.167. The summed E-state index contributed by atoms with van der Waals surface area (Å²) in [6.07, 6.45) is 2.27. The van der Waals surface area contributed by atoms with Gasteiger partial charge in [0.25, 0.3) is 0 Å². The van der Waals surface area contributed by atoms with E-state index in [2.05, 4.69) is 11.6 Å². The SMILES string of the molecule is CCCc1ccc(S(=O)(=O)NCCc2ccccc2F)cc1. The maximum absolute atomic E-state index is 13.5. The van der Waals surface area contributed by atoms with Crippen molar-refractivity contribution >= 4 is 10.0 Å². The molecule has 0 aliphatic heterocycles. The Labute approximate surface area is 131 Å². The zero-order chi connectivity index (χ0) is 16.0. The fourth-order valence-corrected chi connectivity index (χ4v) is 3.26. The van der Waals surface area contributed by atoms with Crippen LogP contribution in [0.15, 0.2) is 53.4 Å². The molecule has 5 heteroatoms. The van der Waals surface area contributed by atoms with E-state index in [0.29, 0.717) is 12.0 Å². The van der Waals surface area contributed by atoms with Crippen molar-refractivity contribution in [3.05, 3.63) is 65.5 Å². The molecule has 2 aromatic carbocycles. The van der Waals surface area contributed by atoms with E-state index in [1.54, 1.807) is 30.3 Å². The van der Waals surface area contributed by atoms with Crippen LogP contribution >= 0.6 is 0 Å². The van der Waals surface area contributed by atoms with Crippen molar-refractivity contribution in [1.82, 2.24) is 4.72 Å². The van der Waals surface area contributed by atoms with Crippen LogP contribution in [0.1, 0.15) is 24.5 Å². The Morgan fingerprint density at radius 2 is 1.68 bits per heavy atom. The predicted molar refractivity (Wildman–Crippen MR) is 85.7 cm³/mol. The molecule has 1 N–H and O–H groups in total. The van der Waals surface area contributed by atoms with E-state index in [9.17, 15) is 12.8 Å². The highest BCUT2D eigenvalue weighted by molar-refractivity contribution is 7.89. The van der Waals surface area contributed by atoms with Crippen LogP contribution in [0.3, 0.4) is 0 Å². The maximum atomic E-state index is 13.5. The van der Waals surface area contributed by atoms with E-state index in [1.807, 2.05) is 12.1 Å². The Morgan fingerprint density at radius 1 is 1.00 bits per heavy atom. The van der Waals surface area contributed by atoms with Crippen LogP contribution in [0.25, 0.3) is 0 Å². The number of nitrogens with one attached hydrogen (secondary N) is 1. The van der Waals surface area contributed by atoms with Gasteiger partial charge in [-0.05, 0) is 42.2 Å². The molecule has 0 aliphatic rings. The fourth-order valence-electron chi connectivity index (χ4n) is 2.23. The van der Waals surface area contributed by atoms with Crippen LogP contribution in [0, 0.1) is 5.82 Å². The molecule has 0 unspecified atom stereocenters. The van der Waals surface area contributed by atoms with E-state index in [1.165, 1.54) is 6.07 Å². The van der Waals surface area contributed by atoms with Crippen molar-refractivity contribution in [2.75, 3.05) is 6.54 Å². The molecule has 3 nitrogen and oxygen atoms in total. The van der Waals surface area contributed by atoms with E-state index in [4.69, 9.17) is 0 Å². The summed E-state index contributed by atoms with van der Waals surface area (Å²) in [4.78, 5) is 0.237. The number of rotatable bonds is 7. The minimum atomic E-state index is -3.55. The van der Waals surface area contributed by atoms with Crippen molar-refractivity contribution < 1.29 is 12.8 Å². The van der Waals surface area contributed by atoms with E-state index >= 15 is 0 Å². The van der Waals surface area contributed by atoms with Crippen molar-refractivity contribution in [2.45, 2.75) is 31.1 Å². The summed E-state index contributed by atoms with van der Waals surface area (Å²) in [7, 11) is -3.55. The Bertz CT molecular complexity index is 712. The van der Waals surface area contributed by atoms with Gasteiger partial charge in [0.2, 0.25) is 10.0 Å². The molecule has 22 heavy (non-hydrogen) atoms. The second-order valence-corrected chi connectivity index (χ2v) is 6.90. The van der Waals surface area contributed by atoms with Crippen LogP contribution < -0.4 is 4.72 Å². The summed E-state index contributed by atoms with van der Waals surface area (Å²) in [5.41, 5.74) is 1.62. The third-order valence-electron chi connectivity index (χ3n) is 3.42. The maximum Gasteiger partial charge on any atom is 0.240 e. The molecule has 0 radical (unpaired) electrons. The van der Waals surface area contributed by atoms with Crippen molar-refractivity contribution in [3.8, 4) is 0 Å². The lowest BCUT2D eigenvalue weighted by atomic mass is 10.1. The second-order valence-electron chi connectivity index (χ2n) is 5.13. The normalized spacial score (nSPS) is 11.5. The number of aryl methyl sites for hydroxylation is 1. The molecule has 0 spiro atoms. The average Bonchev–Trinajstić information content (AvgIpc) is 2.50. The first-order valence-electron chi connectivity index (χ1n) is 7.35. The highest BCUT2D eigenvalue weighted by atomic mass is 32.2. The number of benzene rings is 2. The molecule has 0 atom stereocenters. The van der Waals surface area contributed by atoms with Crippen LogP contribution in [-0.4, -0.2) is 15.0 Å². The van der Waals surface area contributed by atoms with Gasteiger partial charge in [-0.2, -0.15) is 0 Å². The molecular formula is C17H20FNO2S. The van der Waals surface area contributed by atoms with E-state index < -0.39 is 10.0 Å². The molecular weight excluding hydrogens is 301 g/mol. The summed E-state index contributed by atoms with van der Waals surface area (Å²) >= 11 is 0. The smallest absolute Gasteiger partial charge is 0.211 e. The molecule has 0 bridgehead atoms. The molecule has 0 fully saturated rings. The topological polar surface area (TPSA) is 46.2 Å². The average molecular weight is 321 g/mol. The van der Waals surface area contributed by atoms with Crippen LogP contribution in [0.5, 0.6) is 0 Å². The Morgan fingerprint density at radius 3 is 2.32 bits per heavy atom. The third kappa shape index (κ3) is 4.39. The second kappa shape index (κ2) is 7.51. The summed E-state index contributed by atoms with van der Waals surface area (Å²) in [5, 5.41) is 0. The van der Waals surface area contributed by atoms with Crippen LogP contribution in [0.2, 0.25) is 0 Å². The standard InChI is InChI=1S/C17H20FNO2S/c1-2-5-14-8-10-16(11-9-14)22(20,21)19-13-12-15-6-3-4-7-17(15)18/h3-4,6-11,19H,2,5,12-13H2,1H3. The first-order chi connectivity index (χ1) is 10.5. The lowest BCUT2D eigenvalue weighted by Crippen LogP contribution is -2.26. The van der Waals surface area contributed by atoms with Gasteiger partial charge in [0.1, 0.15) is 5.82 Å². The lowest BCUT2D eigenvalue weighted by molar-refractivity contribution is 0.577. The van der Waals surface area contributed by atoms with Gasteiger partial charge in [-0.3, -0.25) is 0 Å². The molecule has 0 amide bonds. The monoisotopic (exact) mass is 321 g/mol. The number of hydrogen-bond donors (Lipinski definition) is 1. The third-order valence-corrected chi connectivity index (χ3v) is 4.89.